The second-order valence-electron chi connectivity index (χ2n) is 3.87. The first-order valence-corrected chi connectivity index (χ1v) is 5.03. The quantitative estimate of drug-likeness (QED) is 0.639. The first-order chi connectivity index (χ1) is 7.58. The van der Waals surface area contributed by atoms with Crippen LogP contribution in [-0.4, -0.2) is 5.11 Å². The van der Waals surface area contributed by atoms with Gasteiger partial charge in [-0.1, -0.05) is 17.7 Å². The molecule has 0 heterocycles. The van der Waals surface area contributed by atoms with Crippen molar-refractivity contribution in [3.8, 4) is 16.9 Å². The fraction of sp³-hybridized carbons (Fsp3) is 0.0769. The van der Waals surface area contributed by atoms with Gasteiger partial charge < -0.3 is 16.6 Å². The van der Waals surface area contributed by atoms with E-state index in [1.54, 1.807) is 18.2 Å². The van der Waals surface area contributed by atoms with E-state index in [1.807, 2.05) is 25.1 Å². The second kappa shape index (κ2) is 3.77. The molecule has 2 aromatic rings. The van der Waals surface area contributed by atoms with Gasteiger partial charge in [-0.3, -0.25) is 0 Å². The first kappa shape index (κ1) is 10.4. The van der Waals surface area contributed by atoms with Crippen LogP contribution in [0.4, 0.5) is 11.4 Å². The largest absolute Gasteiger partial charge is 0.507 e. The van der Waals surface area contributed by atoms with Crippen molar-refractivity contribution in [1.29, 1.82) is 0 Å². The topological polar surface area (TPSA) is 72.3 Å². The monoisotopic (exact) mass is 214 g/mol. The van der Waals surface area contributed by atoms with Crippen molar-refractivity contribution in [2.24, 2.45) is 0 Å². The fourth-order valence-electron chi connectivity index (χ4n) is 1.69. The first-order valence-electron chi connectivity index (χ1n) is 5.03. The lowest BCUT2D eigenvalue weighted by Gasteiger charge is -2.09. The number of benzene rings is 2. The molecule has 0 saturated heterocycles. The maximum absolute atomic E-state index is 9.80. The lowest BCUT2D eigenvalue weighted by molar-refractivity contribution is 0.477. The van der Waals surface area contributed by atoms with Crippen molar-refractivity contribution in [1.82, 2.24) is 0 Å². The summed E-state index contributed by atoms with van der Waals surface area (Å²) in [4.78, 5) is 0. The highest BCUT2D eigenvalue weighted by Crippen LogP contribution is 2.34. The Morgan fingerprint density at radius 1 is 0.938 bits per heavy atom. The summed E-state index contributed by atoms with van der Waals surface area (Å²) in [5.41, 5.74) is 15.3. The van der Waals surface area contributed by atoms with Gasteiger partial charge in [-0.25, -0.2) is 0 Å². The Morgan fingerprint density at radius 2 is 1.69 bits per heavy atom. The van der Waals surface area contributed by atoms with Crippen LogP contribution >= 0.6 is 0 Å². The summed E-state index contributed by atoms with van der Waals surface area (Å²) in [6, 6.07) is 10.7. The molecule has 16 heavy (non-hydrogen) atoms. The molecule has 3 nitrogen and oxygen atoms in total. The van der Waals surface area contributed by atoms with E-state index >= 15 is 0 Å². The van der Waals surface area contributed by atoms with Gasteiger partial charge in [-0.15, -0.1) is 0 Å². The summed E-state index contributed by atoms with van der Waals surface area (Å²) in [5, 5.41) is 9.80. The summed E-state index contributed by atoms with van der Waals surface area (Å²) in [6.45, 7) is 1.97. The molecule has 0 bridgehead atoms. The van der Waals surface area contributed by atoms with Crippen LogP contribution in [0.2, 0.25) is 0 Å². The molecule has 0 unspecified atom stereocenters. The van der Waals surface area contributed by atoms with Gasteiger partial charge in [0.2, 0.25) is 0 Å². The Morgan fingerprint density at radius 3 is 2.38 bits per heavy atom. The zero-order valence-corrected chi connectivity index (χ0v) is 9.07. The molecule has 0 amide bonds. The number of nitrogen functional groups attached to an aromatic ring is 2. The molecule has 0 aliphatic carbocycles. The molecule has 2 rings (SSSR count). The lowest BCUT2D eigenvalue weighted by atomic mass is 10.0. The molecular weight excluding hydrogens is 200 g/mol. The van der Waals surface area contributed by atoms with Gasteiger partial charge in [-0.2, -0.15) is 0 Å². The summed E-state index contributed by atoms with van der Waals surface area (Å²) < 4.78 is 0. The summed E-state index contributed by atoms with van der Waals surface area (Å²) >= 11 is 0. The normalized spacial score (nSPS) is 10.3. The van der Waals surface area contributed by atoms with Gasteiger partial charge >= 0.3 is 0 Å². The summed E-state index contributed by atoms with van der Waals surface area (Å²) in [7, 11) is 0. The zero-order chi connectivity index (χ0) is 11.7. The standard InChI is InChI=1S/C13H14N2O/c1-8-2-5-13(16)11(6-8)10-4-3-9(14)7-12(10)15/h2-7,16H,14-15H2,1H3. The van der Waals surface area contributed by atoms with E-state index in [1.165, 1.54) is 0 Å². The minimum Gasteiger partial charge on any atom is -0.507 e. The molecule has 0 aromatic heterocycles. The van der Waals surface area contributed by atoms with E-state index in [2.05, 4.69) is 0 Å². The van der Waals surface area contributed by atoms with Crippen molar-refractivity contribution in [2.45, 2.75) is 6.92 Å². The van der Waals surface area contributed by atoms with E-state index in [9.17, 15) is 5.11 Å². The highest BCUT2D eigenvalue weighted by Gasteiger charge is 2.07. The van der Waals surface area contributed by atoms with Gasteiger partial charge in [0.25, 0.3) is 0 Å². The van der Waals surface area contributed by atoms with Crippen molar-refractivity contribution in [3.63, 3.8) is 0 Å². The van der Waals surface area contributed by atoms with Crippen LogP contribution in [0.15, 0.2) is 36.4 Å². The van der Waals surface area contributed by atoms with Crippen LogP contribution in [0.1, 0.15) is 5.56 Å². The predicted octanol–water partition coefficient (Wildman–Crippen LogP) is 2.53. The van der Waals surface area contributed by atoms with Crippen LogP contribution in [0.5, 0.6) is 5.75 Å². The maximum Gasteiger partial charge on any atom is 0.123 e. The Bertz CT molecular complexity index is 535. The Labute approximate surface area is 94.3 Å². The fourth-order valence-corrected chi connectivity index (χ4v) is 1.69. The highest BCUT2D eigenvalue weighted by molar-refractivity contribution is 5.82. The van der Waals surface area contributed by atoms with Gasteiger partial charge in [0.05, 0.1) is 0 Å². The lowest BCUT2D eigenvalue weighted by Crippen LogP contribution is -1.93. The smallest absolute Gasteiger partial charge is 0.123 e. The number of phenolic OH excluding ortho intramolecular Hbond substituents is 1. The molecular formula is C13H14N2O. The van der Waals surface area contributed by atoms with Crippen molar-refractivity contribution >= 4 is 11.4 Å². The maximum atomic E-state index is 9.80. The number of hydrogen-bond donors (Lipinski definition) is 3. The molecule has 0 atom stereocenters. The molecule has 3 heteroatoms. The number of anilines is 2. The van der Waals surface area contributed by atoms with Crippen LogP contribution < -0.4 is 11.5 Å². The van der Waals surface area contributed by atoms with Gasteiger partial charge in [0, 0.05) is 22.5 Å². The van der Waals surface area contributed by atoms with E-state index < -0.39 is 0 Å². The number of hydrogen-bond acceptors (Lipinski definition) is 3. The van der Waals surface area contributed by atoms with E-state index in [4.69, 9.17) is 11.5 Å². The van der Waals surface area contributed by atoms with E-state index in [0.717, 1.165) is 16.7 Å². The van der Waals surface area contributed by atoms with Gasteiger partial charge in [0.15, 0.2) is 0 Å². The predicted molar refractivity (Wildman–Crippen MR) is 67.1 cm³/mol. The Kier molecular flexibility index (Phi) is 2.44. The molecule has 2 aromatic carbocycles. The molecule has 0 fully saturated rings. The molecule has 5 N–H and O–H groups in total. The zero-order valence-electron chi connectivity index (χ0n) is 9.07. The number of phenols is 1. The van der Waals surface area contributed by atoms with Crippen LogP contribution in [0.25, 0.3) is 11.1 Å². The summed E-state index contributed by atoms with van der Waals surface area (Å²) in [5.74, 6) is 0.224. The van der Waals surface area contributed by atoms with E-state index in [0.29, 0.717) is 11.4 Å². The molecule has 0 saturated carbocycles. The number of nitrogens with two attached hydrogens (primary N) is 2. The van der Waals surface area contributed by atoms with Crippen molar-refractivity contribution in [2.75, 3.05) is 11.5 Å². The number of rotatable bonds is 1. The van der Waals surface area contributed by atoms with Crippen LogP contribution in [-0.2, 0) is 0 Å². The molecule has 0 aliphatic heterocycles. The number of aryl methyl sites for hydroxylation is 1. The average molecular weight is 214 g/mol. The molecule has 0 aliphatic rings. The minimum absolute atomic E-state index is 0.224. The van der Waals surface area contributed by atoms with Crippen LogP contribution in [0.3, 0.4) is 0 Å². The Balaban J connectivity index is 2.62. The van der Waals surface area contributed by atoms with E-state index in [-0.39, 0.29) is 5.75 Å². The molecule has 0 spiro atoms. The average Bonchev–Trinajstić information content (AvgIpc) is 2.22. The SMILES string of the molecule is Cc1ccc(O)c(-c2ccc(N)cc2N)c1. The molecule has 82 valence electrons. The minimum atomic E-state index is 0.224. The Hall–Kier alpha value is -2.16. The highest BCUT2D eigenvalue weighted by atomic mass is 16.3. The van der Waals surface area contributed by atoms with Crippen LogP contribution in [0, 0.1) is 6.92 Å². The third kappa shape index (κ3) is 1.80. The summed E-state index contributed by atoms with van der Waals surface area (Å²) in [6.07, 6.45) is 0. The molecule has 0 radical (unpaired) electrons. The van der Waals surface area contributed by atoms with Crippen molar-refractivity contribution in [3.05, 3.63) is 42.0 Å². The van der Waals surface area contributed by atoms with Gasteiger partial charge in [-0.05, 0) is 31.2 Å². The third-order valence-corrected chi connectivity index (χ3v) is 2.52. The second-order valence-corrected chi connectivity index (χ2v) is 3.87. The van der Waals surface area contributed by atoms with Crippen molar-refractivity contribution < 1.29 is 5.11 Å². The third-order valence-electron chi connectivity index (χ3n) is 2.52. The number of aromatic hydroxyl groups is 1. The van der Waals surface area contributed by atoms with Gasteiger partial charge in [0.1, 0.15) is 5.75 Å².